The average Bonchev–Trinajstić information content (AvgIpc) is 3.13. The number of carbonyl (C=O) groups excluding carboxylic acids is 2. The fourth-order valence-corrected chi connectivity index (χ4v) is 4.33. The molecule has 2 amide bonds. The van der Waals surface area contributed by atoms with E-state index in [1.54, 1.807) is 18.2 Å². The molecule has 0 bridgehead atoms. The lowest BCUT2D eigenvalue weighted by atomic mass is 10.1. The van der Waals surface area contributed by atoms with E-state index in [9.17, 15) is 29.8 Å². The number of imide groups is 1. The van der Waals surface area contributed by atoms with Crippen molar-refractivity contribution in [1.82, 2.24) is 4.90 Å². The summed E-state index contributed by atoms with van der Waals surface area (Å²) in [7, 11) is 1.37. The van der Waals surface area contributed by atoms with Crippen molar-refractivity contribution < 1.29 is 28.9 Å². The van der Waals surface area contributed by atoms with Crippen LogP contribution in [0.25, 0.3) is 6.08 Å². The van der Waals surface area contributed by atoms with Crippen LogP contribution < -0.4 is 9.47 Å². The van der Waals surface area contributed by atoms with Gasteiger partial charge in [0.25, 0.3) is 16.8 Å². The fourth-order valence-electron chi connectivity index (χ4n) is 3.49. The molecule has 1 saturated heterocycles. The minimum absolute atomic E-state index is 0.115. The van der Waals surface area contributed by atoms with Gasteiger partial charge in [-0.15, -0.1) is 0 Å². The topological polar surface area (TPSA) is 142 Å². The zero-order valence-electron chi connectivity index (χ0n) is 19.6. The van der Waals surface area contributed by atoms with Crippen LogP contribution in [-0.2, 0) is 11.3 Å². The Bertz CT molecular complexity index is 1450. The molecule has 37 heavy (non-hydrogen) atoms. The number of nitro benzene ring substituents is 2. The van der Waals surface area contributed by atoms with Crippen molar-refractivity contribution in [2.75, 3.05) is 7.11 Å². The van der Waals surface area contributed by atoms with Crippen molar-refractivity contribution >= 4 is 40.4 Å². The smallest absolute Gasteiger partial charge is 0.318 e. The molecule has 1 fully saturated rings. The largest absolute Gasteiger partial charge is 0.493 e. The number of nitrogens with zero attached hydrogens (tertiary/aromatic N) is 3. The van der Waals surface area contributed by atoms with Crippen LogP contribution >= 0.6 is 11.8 Å². The Morgan fingerprint density at radius 3 is 2.27 bits per heavy atom. The van der Waals surface area contributed by atoms with Crippen molar-refractivity contribution in [3.05, 3.63) is 102 Å². The third-order valence-electron chi connectivity index (χ3n) is 5.39. The highest BCUT2D eigenvalue weighted by molar-refractivity contribution is 8.18. The van der Waals surface area contributed by atoms with Gasteiger partial charge in [0.15, 0.2) is 11.5 Å². The van der Waals surface area contributed by atoms with E-state index in [1.165, 1.54) is 18.1 Å². The average molecular weight is 522 g/mol. The Balaban J connectivity index is 1.57. The first-order valence-electron chi connectivity index (χ1n) is 10.8. The molecule has 0 saturated carbocycles. The molecule has 1 heterocycles. The van der Waals surface area contributed by atoms with Gasteiger partial charge in [0.1, 0.15) is 0 Å². The van der Waals surface area contributed by atoms with Crippen molar-refractivity contribution in [1.29, 1.82) is 0 Å². The number of thioether (sulfide) groups is 1. The summed E-state index contributed by atoms with van der Waals surface area (Å²) in [5, 5.41) is 22.0. The maximum Gasteiger partial charge on any atom is 0.318 e. The van der Waals surface area contributed by atoms with E-state index in [1.807, 2.05) is 31.2 Å². The first-order valence-corrected chi connectivity index (χ1v) is 11.6. The van der Waals surface area contributed by atoms with Crippen LogP contribution in [0.15, 0.2) is 65.6 Å². The van der Waals surface area contributed by atoms with E-state index < -0.39 is 27.1 Å². The molecule has 0 unspecified atom stereocenters. The van der Waals surface area contributed by atoms with E-state index in [0.29, 0.717) is 5.56 Å². The lowest BCUT2D eigenvalue weighted by molar-refractivity contribution is -0.394. The molecular weight excluding hydrogens is 502 g/mol. The van der Waals surface area contributed by atoms with Crippen molar-refractivity contribution in [2.45, 2.75) is 13.5 Å². The first-order chi connectivity index (χ1) is 17.7. The van der Waals surface area contributed by atoms with Gasteiger partial charge in [-0.3, -0.25) is 34.7 Å². The lowest BCUT2D eigenvalue weighted by Gasteiger charge is -2.12. The summed E-state index contributed by atoms with van der Waals surface area (Å²) in [6, 6.07) is 15.2. The highest BCUT2D eigenvalue weighted by atomic mass is 32.2. The highest BCUT2D eigenvalue weighted by Gasteiger charge is 2.35. The molecule has 188 valence electrons. The Morgan fingerprint density at radius 2 is 1.62 bits per heavy atom. The van der Waals surface area contributed by atoms with Crippen LogP contribution in [0.1, 0.15) is 16.7 Å². The molecule has 3 aromatic carbocycles. The summed E-state index contributed by atoms with van der Waals surface area (Å²) in [5.41, 5.74) is 1.41. The fraction of sp³-hybridized carbons (Fsp3) is 0.120. The van der Waals surface area contributed by atoms with Crippen LogP contribution in [0.2, 0.25) is 0 Å². The molecular formula is C25H19N3O8S. The molecule has 1 aliphatic heterocycles. The number of amides is 2. The van der Waals surface area contributed by atoms with Gasteiger partial charge in [-0.25, -0.2) is 0 Å². The van der Waals surface area contributed by atoms with Gasteiger partial charge in [0, 0.05) is 6.07 Å². The van der Waals surface area contributed by atoms with Crippen molar-refractivity contribution in [2.24, 2.45) is 0 Å². The monoisotopic (exact) mass is 521 g/mol. The maximum absolute atomic E-state index is 12.9. The minimum Gasteiger partial charge on any atom is -0.493 e. The SMILES string of the molecule is COc1cc(/C=C2\SC(=O)N(Cc3ccc(C)cc3)C2=O)ccc1Oc1ccc([N+](=O)[O-])cc1[N+](=O)[O-]. The van der Waals surface area contributed by atoms with Gasteiger partial charge in [0.2, 0.25) is 5.75 Å². The predicted molar refractivity (Wildman–Crippen MR) is 136 cm³/mol. The number of benzene rings is 3. The predicted octanol–water partition coefficient (Wildman–Crippen LogP) is 5.85. The van der Waals surface area contributed by atoms with Gasteiger partial charge in [-0.2, -0.15) is 0 Å². The zero-order chi connectivity index (χ0) is 26.7. The van der Waals surface area contributed by atoms with Crippen LogP contribution in [0.5, 0.6) is 17.2 Å². The molecule has 0 N–H and O–H groups in total. The number of rotatable bonds is 8. The summed E-state index contributed by atoms with van der Waals surface area (Å²) in [4.78, 5) is 47.6. The van der Waals surface area contributed by atoms with E-state index in [2.05, 4.69) is 0 Å². The van der Waals surface area contributed by atoms with Gasteiger partial charge in [0.05, 0.1) is 34.5 Å². The molecule has 0 aliphatic carbocycles. The molecule has 1 aliphatic rings. The second kappa shape index (κ2) is 10.5. The summed E-state index contributed by atoms with van der Waals surface area (Å²) in [6.07, 6.45) is 1.54. The molecule has 0 spiro atoms. The lowest BCUT2D eigenvalue weighted by Crippen LogP contribution is -2.27. The summed E-state index contributed by atoms with van der Waals surface area (Å²) < 4.78 is 11.0. The van der Waals surface area contributed by atoms with Gasteiger partial charge >= 0.3 is 5.69 Å². The molecule has 11 nitrogen and oxygen atoms in total. The summed E-state index contributed by atoms with van der Waals surface area (Å²) >= 11 is 0.825. The summed E-state index contributed by atoms with van der Waals surface area (Å²) in [6.45, 7) is 2.11. The Morgan fingerprint density at radius 1 is 0.919 bits per heavy atom. The Hall–Kier alpha value is -4.71. The standard InChI is InChI=1S/C25H19N3O8S/c1-15-3-5-16(6-4-15)14-26-24(29)23(37-25(26)30)12-17-7-9-21(22(11-17)35-2)36-20-10-8-18(27(31)32)13-19(20)28(33)34/h3-13H,14H2,1-2H3/b23-12-. The number of hydrogen-bond donors (Lipinski definition) is 0. The van der Waals surface area contributed by atoms with E-state index >= 15 is 0 Å². The number of carbonyl (C=O) groups is 2. The second-order valence-electron chi connectivity index (χ2n) is 7.93. The number of ether oxygens (including phenoxy) is 2. The number of hydrogen-bond acceptors (Lipinski definition) is 9. The molecule has 0 aromatic heterocycles. The van der Waals surface area contributed by atoms with Crippen LogP contribution in [0.3, 0.4) is 0 Å². The molecule has 3 aromatic rings. The number of nitro groups is 2. The highest BCUT2D eigenvalue weighted by Crippen LogP contribution is 2.39. The quantitative estimate of drug-likeness (QED) is 0.203. The Labute approximate surface area is 214 Å². The van der Waals surface area contributed by atoms with E-state index in [0.717, 1.165) is 41.1 Å². The van der Waals surface area contributed by atoms with Gasteiger partial charge < -0.3 is 9.47 Å². The number of methoxy groups -OCH3 is 1. The third-order valence-corrected chi connectivity index (χ3v) is 6.30. The van der Waals surface area contributed by atoms with E-state index in [4.69, 9.17) is 9.47 Å². The van der Waals surface area contributed by atoms with Crippen LogP contribution in [0.4, 0.5) is 16.2 Å². The zero-order valence-corrected chi connectivity index (χ0v) is 20.4. The third kappa shape index (κ3) is 5.59. The van der Waals surface area contributed by atoms with Crippen LogP contribution in [-0.4, -0.2) is 33.0 Å². The number of aryl methyl sites for hydroxylation is 1. The molecule has 0 atom stereocenters. The van der Waals surface area contributed by atoms with Crippen LogP contribution in [0, 0.1) is 27.2 Å². The van der Waals surface area contributed by atoms with Crippen molar-refractivity contribution in [3.8, 4) is 17.2 Å². The Kier molecular flexibility index (Phi) is 7.20. The van der Waals surface area contributed by atoms with E-state index in [-0.39, 0.29) is 33.9 Å². The molecule has 4 rings (SSSR count). The molecule has 0 radical (unpaired) electrons. The first kappa shape index (κ1) is 25.4. The second-order valence-corrected chi connectivity index (χ2v) is 8.93. The summed E-state index contributed by atoms with van der Waals surface area (Å²) in [5.74, 6) is -0.320. The normalized spacial score (nSPS) is 14.2. The van der Waals surface area contributed by atoms with Gasteiger partial charge in [-0.1, -0.05) is 35.9 Å². The molecule has 12 heteroatoms. The van der Waals surface area contributed by atoms with Crippen molar-refractivity contribution in [3.63, 3.8) is 0 Å². The minimum atomic E-state index is -0.782. The number of non-ortho nitro benzene ring substituents is 1. The van der Waals surface area contributed by atoms with Gasteiger partial charge in [-0.05, 0) is 54.1 Å². The maximum atomic E-state index is 12.9.